The summed E-state index contributed by atoms with van der Waals surface area (Å²) in [6.45, 7) is 4.56. The van der Waals surface area contributed by atoms with Gasteiger partial charge in [-0.05, 0) is 49.2 Å². The number of thioether (sulfide) groups is 1. The molecule has 0 radical (unpaired) electrons. The van der Waals surface area contributed by atoms with Gasteiger partial charge in [0.2, 0.25) is 11.8 Å². The van der Waals surface area contributed by atoms with Crippen LogP contribution in [0, 0.1) is 0 Å². The lowest BCUT2D eigenvalue weighted by Crippen LogP contribution is -2.18. The van der Waals surface area contributed by atoms with E-state index in [9.17, 15) is 9.59 Å². The second-order valence-corrected chi connectivity index (χ2v) is 7.93. The molecule has 0 fully saturated rings. The molecular formula is C23H27N5O3S. The molecule has 1 heterocycles. The zero-order valence-electron chi connectivity index (χ0n) is 18.4. The van der Waals surface area contributed by atoms with Gasteiger partial charge in [-0.15, -0.1) is 10.2 Å². The van der Waals surface area contributed by atoms with Crippen molar-refractivity contribution in [3.05, 3.63) is 59.9 Å². The fourth-order valence-electron chi connectivity index (χ4n) is 3.04. The molecule has 32 heavy (non-hydrogen) atoms. The summed E-state index contributed by atoms with van der Waals surface area (Å²) in [6, 6.07) is 14.9. The maximum absolute atomic E-state index is 12.5. The summed E-state index contributed by atoms with van der Waals surface area (Å²) in [6.07, 6.45) is 0.931. The molecule has 0 unspecified atom stereocenters. The van der Waals surface area contributed by atoms with Gasteiger partial charge in [0.15, 0.2) is 5.16 Å². The Morgan fingerprint density at radius 3 is 2.47 bits per heavy atom. The quantitative estimate of drug-likeness (QED) is 0.455. The lowest BCUT2D eigenvalue weighted by Gasteiger charge is -2.09. The summed E-state index contributed by atoms with van der Waals surface area (Å²) in [5, 5.41) is 14.6. The molecule has 9 heteroatoms. The van der Waals surface area contributed by atoms with Crippen molar-refractivity contribution >= 4 is 35.0 Å². The van der Waals surface area contributed by atoms with Gasteiger partial charge >= 0.3 is 0 Å². The van der Waals surface area contributed by atoms with Crippen LogP contribution in [0.5, 0.6) is 5.75 Å². The number of hydrogen-bond acceptors (Lipinski definition) is 6. The Kier molecular flexibility index (Phi) is 8.27. The van der Waals surface area contributed by atoms with E-state index in [4.69, 9.17) is 4.74 Å². The highest BCUT2D eigenvalue weighted by molar-refractivity contribution is 7.99. The Labute approximate surface area is 191 Å². The minimum absolute atomic E-state index is 0.0977. The van der Waals surface area contributed by atoms with E-state index in [0.29, 0.717) is 23.3 Å². The number of ether oxygens (including phenoxy) is 1. The molecule has 0 aliphatic rings. The number of para-hydroxylation sites is 1. The van der Waals surface area contributed by atoms with Crippen LogP contribution >= 0.6 is 11.8 Å². The molecule has 0 aliphatic carbocycles. The van der Waals surface area contributed by atoms with Crippen LogP contribution in [-0.4, -0.2) is 38.9 Å². The van der Waals surface area contributed by atoms with Gasteiger partial charge in [-0.2, -0.15) is 0 Å². The minimum Gasteiger partial charge on any atom is -0.494 e. The maximum atomic E-state index is 12.5. The molecule has 168 valence electrons. The number of anilines is 2. The maximum Gasteiger partial charge on any atom is 0.234 e. The lowest BCUT2D eigenvalue weighted by molar-refractivity contribution is -0.116. The Hall–Kier alpha value is -3.33. The Morgan fingerprint density at radius 2 is 1.75 bits per heavy atom. The van der Waals surface area contributed by atoms with Crippen LogP contribution in [0.25, 0.3) is 0 Å². The highest BCUT2D eigenvalue weighted by atomic mass is 32.2. The number of nitrogens with zero attached hydrogens (tertiary/aromatic N) is 3. The molecule has 0 aliphatic heterocycles. The molecule has 8 nitrogen and oxygen atoms in total. The first-order chi connectivity index (χ1) is 15.5. The largest absolute Gasteiger partial charge is 0.494 e. The Balaban J connectivity index is 1.51. The van der Waals surface area contributed by atoms with E-state index in [-0.39, 0.29) is 24.0 Å². The van der Waals surface area contributed by atoms with Crippen LogP contribution in [0.4, 0.5) is 11.4 Å². The van der Waals surface area contributed by atoms with Gasteiger partial charge in [-0.3, -0.25) is 9.59 Å². The number of aromatic nitrogens is 3. The average molecular weight is 454 g/mol. The van der Waals surface area contributed by atoms with Gasteiger partial charge in [-0.1, -0.05) is 36.9 Å². The summed E-state index contributed by atoms with van der Waals surface area (Å²) in [5.74, 6) is 1.15. The van der Waals surface area contributed by atoms with Crippen molar-refractivity contribution in [1.29, 1.82) is 0 Å². The van der Waals surface area contributed by atoms with E-state index in [1.54, 1.807) is 23.7 Å². The van der Waals surface area contributed by atoms with E-state index in [2.05, 4.69) is 20.8 Å². The number of hydrogen-bond donors (Lipinski definition) is 2. The predicted octanol–water partition coefficient (Wildman–Crippen LogP) is 3.69. The topological polar surface area (TPSA) is 98.1 Å². The normalized spacial score (nSPS) is 10.6. The minimum atomic E-state index is -0.161. The number of aryl methyl sites for hydroxylation is 1. The first-order valence-electron chi connectivity index (χ1n) is 10.4. The molecular weight excluding hydrogens is 426 g/mol. The van der Waals surface area contributed by atoms with Gasteiger partial charge in [0.25, 0.3) is 0 Å². The fourth-order valence-corrected chi connectivity index (χ4v) is 3.77. The predicted molar refractivity (Wildman–Crippen MR) is 126 cm³/mol. The van der Waals surface area contributed by atoms with Crippen LogP contribution in [0.3, 0.4) is 0 Å². The van der Waals surface area contributed by atoms with Crippen molar-refractivity contribution in [2.45, 2.75) is 31.8 Å². The monoisotopic (exact) mass is 453 g/mol. The van der Waals surface area contributed by atoms with Gasteiger partial charge in [0.1, 0.15) is 11.6 Å². The third-order valence-corrected chi connectivity index (χ3v) is 5.72. The van der Waals surface area contributed by atoms with Crippen molar-refractivity contribution < 1.29 is 14.3 Å². The van der Waals surface area contributed by atoms with Crippen LogP contribution in [0.15, 0.2) is 53.7 Å². The van der Waals surface area contributed by atoms with E-state index < -0.39 is 0 Å². The standard InChI is InChI=1S/C23H27N5O3S/c1-4-16-8-6-7-9-19(16)25-21(29)14-20-26-27-23(28(20)3)32-15-22(30)24-17-10-12-18(13-11-17)31-5-2/h6-13H,4-5,14-15H2,1-3H3,(H,24,30)(H,25,29). The molecule has 0 bridgehead atoms. The molecule has 0 atom stereocenters. The molecule has 1 aromatic heterocycles. The smallest absolute Gasteiger partial charge is 0.234 e. The molecule has 3 aromatic rings. The van der Waals surface area contributed by atoms with Gasteiger partial charge in [0.05, 0.1) is 18.8 Å². The van der Waals surface area contributed by atoms with Gasteiger partial charge in [-0.25, -0.2) is 0 Å². The Bertz CT molecular complexity index is 1070. The number of carbonyl (C=O) groups is 2. The third-order valence-electron chi connectivity index (χ3n) is 4.70. The molecule has 0 saturated carbocycles. The summed E-state index contributed by atoms with van der Waals surface area (Å²) in [4.78, 5) is 24.7. The summed E-state index contributed by atoms with van der Waals surface area (Å²) < 4.78 is 7.13. The van der Waals surface area contributed by atoms with Gasteiger partial charge < -0.3 is 19.9 Å². The molecule has 0 spiro atoms. The molecule has 2 N–H and O–H groups in total. The lowest BCUT2D eigenvalue weighted by atomic mass is 10.1. The second-order valence-electron chi connectivity index (χ2n) is 6.99. The SMILES string of the molecule is CCOc1ccc(NC(=O)CSc2nnc(CC(=O)Nc3ccccc3CC)n2C)cc1. The molecule has 2 amide bonds. The number of nitrogens with one attached hydrogen (secondary N) is 2. The van der Waals surface area contributed by atoms with Crippen molar-refractivity contribution in [2.75, 3.05) is 23.0 Å². The third kappa shape index (κ3) is 6.34. The summed E-state index contributed by atoms with van der Waals surface area (Å²) in [5.41, 5.74) is 2.58. The molecule has 0 saturated heterocycles. The second kappa shape index (κ2) is 11.3. The highest BCUT2D eigenvalue weighted by Crippen LogP contribution is 2.19. The highest BCUT2D eigenvalue weighted by Gasteiger charge is 2.15. The first kappa shape index (κ1) is 23.3. The van der Waals surface area contributed by atoms with Crippen molar-refractivity contribution in [3.8, 4) is 5.75 Å². The molecule has 3 rings (SSSR count). The average Bonchev–Trinajstić information content (AvgIpc) is 3.13. The first-order valence-corrected chi connectivity index (χ1v) is 11.4. The summed E-state index contributed by atoms with van der Waals surface area (Å²) >= 11 is 1.26. The van der Waals surface area contributed by atoms with E-state index in [1.807, 2.05) is 50.2 Å². The number of rotatable bonds is 10. The van der Waals surface area contributed by atoms with Crippen LogP contribution in [0.1, 0.15) is 25.2 Å². The zero-order valence-corrected chi connectivity index (χ0v) is 19.2. The van der Waals surface area contributed by atoms with Crippen LogP contribution in [-0.2, 0) is 29.5 Å². The van der Waals surface area contributed by atoms with E-state index >= 15 is 0 Å². The van der Waals surface area contributed by atoms with E-state index in [1.165, 1.54) is 11.8 Å². The Morgan fingerprint density at radius 1 is 1.00 bits per heavy atom. The van der Waals surface area contributed by atoms with Crippen LogP contribution in [0.2, 0.25) is 0 Å². The number of benzene rings is 2. The van der Waals surface area contributed by atoms with E-state index in [0.717, 1.165) is 23.4 Å². The number of amides is 2. The van der Waals surface area contributed by atoms with Crippen molar-refractivity contribution in [1.82, 2.24) is 14.8 Å². The molecule has 2 aromatic carbocycles. The van der Waals surface area contributed by atoms with Crippen LogP contribution < -0.4 is 15.4 Å². The zero-order chi connectivity index (χ0) is 22.9. The number of carbonyl (C=O) groups excluding carboxylic acids is 2. The van der Waals surface area contributed by atoms with Gasteiger partial charge in [0, 0.05) is 18.4 Å². The summed E-state index contributed by atoms with van der Waals surface area (Å²) in [7, 11) is 1.79. The van der Waals surface area contributed by atoms with Crippen molar-refractivity contribution in [3.63, 3.8) is 0 Å². The fraction of sp³-hybridized carbons (Fsp3) is 0.304. The van der Waals surface area contributed by atoms with Crippen molar-refractivity contribution in [2.24, 2.45) is 7.05 Å².